The van der Waals surface area contributed by atoms with E-state index in [1.54, 1.807) is 0 Å². The minimum absolute atomic E-state index is 0.0465. The molecule has 5 aromatic rings. The second kappa shape index (κ2) is 18.4. The third-order valence-corrected chi connectivity index (χ3v) is 16.1. The summed E-state index contributed by atoms with van der Waals surface area (Å²) in [5, 5.41) is 19.8. The topological polar surface area (TPSA) is 216 Å². The van der Waals surface area contributed by atoms with Crippen LogP contribution in [0.2, 0.25) is 5.02 Å². The maximum absolute atomic E-state index is 15.6. The monoisotopic (exact) mass is 1110 g/mol. The average molecular weight is 1110 g/mol. The first kappa shape index (κ1) is 53.8. The Balaban J connectivity index is 1.34. The number of benzene rings is 2. The number of carboxylic acid groups (broad SMARTS) is 1. The van der Waals surface area contributed by atoms with Crippen LogP contribution in [-0.4, -0.2) is 94.4 Å². The molecule has 3 aromatic heterocycles. The first-order chi connectivity index (χ1) is 34.1. The molecule has 2 aromatic carbocycles. The Kier molecular flexibility index (Phi) is 13.4. The van der Waals surface area contributed by atoms with Gasteiger partial charge in [0, 0.05) is 47.4 Å². The molecule has 3 aliphatic rings. The van der Waals surface area contributed by atoms with Gasteiger partial charge in [0.1, 0.15) is 40.9 Å². The number of sulfonamides is 1. The van der Waals surface area contributed by atoms with Gasteiger partial charge < -0.3 is 15.7 Å². The van der Waals surface area contributed by atoms with Crippen LogP contribution in [0, 0.1) is 41.2 Å². The highest BCUT2D eigenvalue weighted by Crippen LogP contribution is 2.68. The molecular weight excluding hydrogens is 1070 g/mol. The number of fused-ring (bicyclic) bond motifs is 4. The Morgan fingerprint density at radius 1 is 0.946 bits per heavy atom. The first-order valence-electron chi connectivity index (χ1n) is 21.9. The lowest BCUT2D eigenvalue weighted by Crippen LogP contribution is -2.38. The van der Waals surface area contributed by atoms with E-state index < -0.39 is 166 Å². The van der Waals surface area contributed by atoms with Crippen molar-refractivity contribution < 1.29 is 80.2 Å². The molecule has 3 N–H and O–H groups in total. The zero-order valence-electron chi connectivity index (χ0n) is 38.6. The molecule has 0 aliphatic heterocycles. The van der Waals surface area contributed by atoms with Gasteiger partial charge in [-0.3, -0.25) is 19.0 Å². The maximum atomic E-state index is 15.6. The Morgan fingerprint density at radius 2 is 1.59 bits per heavy atom. The molecule has 2 fully saturated rings. The number of carbonyl (C=O) groups is 3. The molecule has 2 saturated carbocycles. The third kappa shape index (κ3) is 10.6. The molecule has 0 bridgehead atoms. The van der Waals surface area contributed by atoms with Crippen LogP contribution < -0.4 is 14.9 Å². The largest absolute Gasteiger partial charge is 0.465 e. The van der Waals surface area contributed by atoms with Gasteiger partial charge in [-0.05, 0) is 86.8 Å². The van der Waals surface area contributed by atoms with E-state index in [9.17, 15) is 66.3 Å². The van der Waals surface area contributed by atoms with Crippen LogP contribution in [0.4, 0.5) is 54.5 Å². The van der Waals surface area contributed by atoms with Crippen molar-refractivity contribution in [2.45, 2.75) is 81.2 Å². The summed E-state index contributed by atoms with van der Waals surface area (Å²) in [5.74, 6) is -9.18. The minimum Gasteiger partial charge on any atom is -0.465 e. The normalized spacial score (nSPS) is 19.5. The van der Waals surface area contributed by atoms with Crippen molar-refractivity contribution in [1.82, 2.24) is 35.2 Å². The summed E-state index contributed by atoms with van der Waals surface area (Å²) in [5.41, 5.74) is -5.98. The number of sulfone groups is 1. The number of pyridine rings is 1. The number of anilines is 1. The van der Waals surface area contributed by atoms with Gasteiger partial charge in [0.25, 0.3) is 5.92 Å². The molecule has 0 radical (unpaired) electrons. The number of amides is 3. The molecular formula is C45H39ClF10N8O8S2. The second-order valence-electron chi connectivity index (χ2n) is 18.7. The Morgan fingerprint density at radius 3 is 2.19 bits per heavy atom. The van der Waals surface area contributed by atoms with Crippen molar-refractivity contribution >= 4 is 66.1 Å². The number of rotatable bonds is 14. The summed E-state index contributed by atoms with van der Waals surface area (Å²) in [6, 6.07) is 4.71. The number of hydrogen-bond acceptors (Lipinski definition) is 10. The van der Waals surface area contributed by atoms with Gasteiger partial charge in [0.15, 0.2) is 21.3 Å². The molecule has 3 heterocycles. The molecule has 5 atom stereocenters. The number of hydrogen-bond donors (Lipinski definition) is 3. The third-order valence-electron chi connectivity index (χ3n) is 12.8. The highest BCUT2D eigenvalue weighted by atomic mass is 35.5. The fourth-order valence-electron chi connectivity index (χ4n) is 8.97. The maximum Gasteiger partial charge on any atom is 0.435 e. The molecule has 396 valence electrons. The number of carbonyl (C=O) groups excluding carboxylic acids is 2. The van der Waals surface area contributed by atoms with E-state index in [0.29, 0.717) is 12.3 Å². The van der Waals surface area contributed by atoms with Gasteiger partial charge in [0.05, 0.1) is 33.9 Å². The highest BCUT2D eigenvalue weighted by molar-refractivity contribution is 7.93. The lowest BCUT2D eigenvalue weighted by molar-refractivity contribution is -0.143. The highest BCUT2D eigenvalue weighted by Gasteiger charge is 2.68. The van der Waals surface area contributed by atoms with Crippen LogP contribution in [0.3, 0.4) is 0 Å². The SMILES string of the molecule is CC(C)(C#Cc1ccc(-c2ccc(Cl)c3c(N(C(=O)[C@H]4C[C@H]4CNC(=O)O)S(C)(=O)=O)nn(CC(F)(F)F)c23)c([C@H](Cc2cc(F)cc(F)c2)NC(=O)Cn2nc(C(F)(F)F)c3c2C(F)(F)[C@@H]2C[C@H]32)n1)S(C)(=O)=O. The predicted octanol–water partition coefficient (Wildman–Crippen LogP) is 7.49. The van der Waals surface area contributed by atoms with Crippen LogP contribution in [0.1, 0.15) is 72.6 Å². The average Bonchev–Trinajstić information content (AvgIpc) is 4.14. The number of nitrogens with one attached hydrogen (secondary N) is 2. The predicted molar refractivity (Wildman–Crippen MR) is 243 cm³/mol. The Bertz CT molecular complexity index is 3460. The van der Waals surface area contributed by atoms with E-state index in [0.717, 1.165) is 42.7 Å². The number of nitrogens with zero attached hydrogens (tertiary/aromatic N) is 6. The smallest absolute Gasteiger partial charge is 0.435 e. The summed E-state index contributed by atoms with van der Waals surface area (Å²) in [7, 11) is -8.73. The van der Waals surface area contributed by atoms with Crippen molar-refractivity contribution in [1.29, 1.82) is 0 Å². The van der Waals surface area contributed by atoms with E-state index in [1.807, 2.05) is 0 Å². The summed E-state index contributed by atoms with van der Waals surface area (Å²) in [6.07, 6.45) is -11.5. The van der Waals surface area contributed by atoms with E-state index in [2.05, 4.69) is 37.7 Å². The molecule has 8 rings (SSSR count). The van der Waals surface area contributed by atoms with E-state index in [4.69, 9.17) is 16.7 Å². The van der Waals surface area contributed by atoms with E-state index >= 15 is 8.78 Å². The van der Waals surface area contributed by atoms with Gasteiger partial charge in [-0.25, -0.2) is 35.4 Å². The van der Waals surface area contributed by atoms with Gasteiger partial charge >= 0.3 is 18.4 Å². The standard InChI is InChI=1S/C45H39ClF10N8O8S2/c1-42(2,73(3,69)70)10-9-24-5-6-25(26-7-8-30(46)34-36(26)63(19-43(49,50)51)61-39(34)64(74(4,71)72)40(66)27-14-21(27)17-57-41(67)68)35(58-24)31(13-20-11-22(47)15-23(48)12-20)59-32(65)18-62-38-33(37(60-62)45(54,55)56)28-16-29(28)44(38,52)53/h5-8,11-12,15,21,27-29,31,57H,13-14,16-19H2,1-4H3,(H,59,65)(H,67,68)/t21-,27-,28-,29+,31-/m0/s1. The molecule has 16 nitrogen and oxygen atoms in total. The van der Waals surface area contributed by atoms with Crippen molar-refractivity contribution in [3.05, 3.63) is 93.0 Å². The number of halogens is 11. The van der Waals surface area contributed by atoms with Crippen LogP contribution in [-0.2, 0) is 61.1 Å². The van der Waals surface area contributed by atoms with Gasteiger partial charge in [-0.2, -0.15) is 49.6 Å². The lowest BCUT2D eigenvalue weighted by atomic mass is 9.93. The second-order valence-corrected chi connectivity index (χ2v) is 23.5. The summed E-state index contributed by atoms with van der Waals surface area (Å²) in [6.45, 7) is -1.14. The zero-order chi connectivity index (χ0) is 54.6. The van der Waals surface area contributed by atoms with Gasteiger partial charge in [-0.15, -0.1) is 0 Å². The molecule has 29 heteroatoms. The number of aromatic nitrogens is 5. The van der Waals surface area contributed by atoms with Crippen LogP contribution >= 0.6 is 11.6 Å². The molecule has 0 saturated heterocycles. The van der Waals surface area contributed by atoms with Crippen molar-refractivity contribution in [3.8, 4) is 23.0 Å². The quantitative estimate of drug-likeness (QED) is 0.0732. The molecule has 74 heavy (non-hydrogen) atoms. The zero-order valence-corrected chi connectivity index (χ0v) is 41.0. The Hall–Kier alpha value is -6.47. The fraction of sp³-hybridized carbons (Fsp3) is 0.422. The lowest BCUT2D eigenvalue weighted by Gasteiger charge is -2.23. The summed E-state index contributed by atoms with van der Waals surface area (Å²) in [4.78, 5) is 43.9. The van der Waals surface area contributed by atoms with Gasteiger partial charge in [0.2, 0.25) is 21.8 Å². The Labute approximate surface area is 418 Å². The molecule has 0 unspecified atom stereocenters. The first-order valence-corrected chi connectivity index (χ1v) is 26.0. The number of alkyl halides is 8. The molecule has 3 aliphatic carbocycles. The van der Waals surface area contributed by atoms with Crippen LogP contribution in [0.15, 0.2) is 42.5 Å². The minimum atomic E-state index is -5.23. The molecule has 3 amide bonds. The van der Waals surface area contributed by atoms with Crippen molar-refractivity contribution in [3.63, 3.8) is 0 Å². The van der Waals surface area contributed by atoms with Crippen molar-refractivity contribution in [2.75, 3.05) is 23.4 Å². The van der Waals surface area contributed by atoms with Crippen LogP contribution in [0.25, 0.3) is 22.0 Å². The van der Waals surface area contributed by atoms with Gasteiger partial charge in [-0.1, -0.05) is 23.6 Å². The van der Waals surface area contributed by atoms with Crippen LogP contribution in [0.5, 0.6) is 0 Å². The van der Waals surface area contributed by atoms with Crippen molar-refractivity contribution in [2.24, 2.45) is 17.8 Å². The summed E-state index contributed by atoms with van der Waals surface area (Å²) >= 11 is 6.66. The van der Waals surface area contributed by atoms with E-state index in [-0.39, 0.29) is 55.4 Å². The van der Waals surface area contributed by atoms with E-state index in [1.165, 1.54) is 13.8 Å². The fourth-order valence-corrected chi connectivity index (χ4v) is 10.3. The molecule has 0 spiro atoms. The summed E-state index contributed by atoms with van der Waals surface area (Å²) < 4.78 is 198.